The van der Waals surface area contributed by atoms with Crippen LogP contribution in [0.4, 0.5) is 0 Å². The van der Waals surface area contributed by atoms with Crippen molar-refractivity contribution in [3.63, 3.8) is 0 Å². The molecule has 7 atom stereocenters. The molecule has 2 aromatic carbocycles. The third-order valence-electron chi connectivity index (χ3n) is 11.6. The monoisotopic (exact) mass is 1000 g/mol. The van der Waals surface area contributed by atoms with Gasteiger partial charge in [-0.2, -0.15) is 0 Å². The molecule has 0 saturated carbocycles. The highest BCUT2D eigenvalue weighted by Gasteiger charge is 2.34. The quantitative estimate of drug-likeness (QED) is 0.0380. The van der Waals surface area contributed by atoms with E-state index >= 15 is 0 Å². The van der Waals surface area contributed by atoms with Gasteiger partial charge >= 0.3 is 0 Å². The van der Waals surface area contributed by atoms with Crippen molar-refractivity contribution in [1.29, 1.82) is 0 Å². The minimum Gasteiger partial charge on any atom is -0.370 e. The molecule has 1 aromatic heterocycles. The fourth-order valence-corrected chi connectivity index (χ4v) is 7.80. The third kappa shape index (κ3) is 18.9. The molecule has 2 heterocycles. The number of rotatable bonds is 16. The molecule has 1 aliphatic heterocycles. The van der Waals surface area contributed by atoms with Crippen LogP contribution in [0.15, 0.2) is 70.8 Å². The highest BCUT2D eigenvalue weighted by molar-refractivity contribution is 5.98. The summed E-state index contributed by atoms with van der Waals surface area (Å²) in [4.78, 5) is 134. The van der Waals surface area contributed by atoms with Gasteiger partial charge in [-0.15, -0.1) is 0 Å². The van der Waals surface area contributed by atoms with Crippen LogP contribution >= 0.6 is 0 Å². The lowest BCUT2D eigenvalue weighted by Gasteiger charge is -2.27. The summed E-state index contributed by atoms with van der Waals surface area (Å²) in [7, 11) is 0. The molecule has 72 heavy (non-hydrogen) atoms. The Balaban J connectivity index is 1.71. The first-order valence-corrected chi connectivity index (χ1v) is 23.7. The SMILES string of the molecule is CC(=O)N[C@@H](CCCN=C(N)N)C(=O)N[C@H]1CCCNC(=O)CC[C@@H](C(N)=O)NC(=O)[C@H](Cc2c[nH]c3ccccc23)NC(=O)[C@H](CCCN=C(N)N)NC(=O)C(Cc2ccccc2)NC(=O)[C@H](C)NC1=O. The smallest absolute Gasteiger partial charge is 0.243 e. The Hall–Kier alpha value is -8.25. The number of carbonyl (C=O) groups excluding carboxylic acids is 9. The predicted molar refractivity (Wildman–Crippen MR) is 268 cm³/mol. The van der Waals surface area contributed by atoms with Gasteiger partial charge in [0.2, 0.25) is 53.2 Å². The van der Waals surface area contributed by atoms with Crippen LogP contribution in [0.2, 0.25) is 0 Å². The molecular formula is C47H68N16O9. The zero-order valence-corrected chi connectivity index (χ0v) is 40.5. The highest BCUT2D eigenvalue weighted by atomic mass is 16.2. The first-order valence-electron chi connectivity index (χ1n) is 23.7. The Kier molecular flexibility index (Phi) is 22.2. The number of aromatic amines is 1. The van der Waals surface area contributed by atoms with Crippen molar-refractivity contribution in [2.24, 2.45) is 38.7 Å². The molecule has 25 nitrogen and oxygen atoms in total. The Morgan fingerprint density at radius 2 is 1.32 bits per heavy atom. The van der Waals surface area contributed by atoms with Gasteiger partial charge in [-0.25, -0.2) is 0 Å². The van der Waals surface area contributed by atoms with Gasteiger partial charge in [0.25, 0.3) is 0 Å². The van der Waals surface area contributed by atoms with Gasteiger partial charge in [-0.1, -0.05) is 48.5 Å². The lowest BCUT2D eigenvalue weighted by atomic mass is 10.0. The number of benzene rings is 2. The molecule has 4 rings (SSSR count). The van der Waals surface area contributed by atoms with Crippen molar-refractivity contribution in [2.45, 2.75) is 120 Å². The van der Waals surface area contributed by atoms with E-state index in [0.717, 1.165) is 10.9 Å². The molecular weight excluding hydrogens is 933 g/mol. The number of fused-ring (bicyclic) bond motifs is 1. The van der Waals surface area contributed by atoms with Crippen LogP contribution < -0.4 is 71.2 Å². The number of aromatic nitrogens is 1. The van der Waals surface area contributed by atoms with Crippen LogP contribution in [-0.2, 0) is 56.0 Å². The molecule has 390 valence electrons. The molecule has 0 radical (unpaired) electrons. The van der Waals surface area contributed by atoms with E-state index in [1.807, 2.05) is 18.2 Å². The summed E-state index contributed by atoms with van der Waals surface area (Å²) < 4.78 is 0. The Morgan fingerprint density at radius 3 is 2.00 bits per heavy atom. The van der Waals surface area contributed by atoms with Crippen molar-refractivity contribution >= 4 is 76.0 Å². The maximum Gasteiger partial charge on any atom is 0.243 e. The van der Waals surface area contributed by atoms with Crippen LogP contribution in [-0.4, -0.2) is 132 Å². The van der Waals surface area contributed by atoms with Gasteiger partial charge in [0.15, 0.2) is 11.9 Å². The Labute approximate surface area is 416 Å². The molecule has 19 N–H and O–H groups in total. The maximum absolute atomic E-state index is 14.4. The van der Waals surface area contributed by atoms with E-state index in [4.69, 9.17) is 28.7 Å². The lowest BCUT2D eigenvalue weighted by Crippen LogP contribution is -2.60. The second-order valence-electron chi connectivity index (χ2n) is 17.4. The number of nitrogens with zero attached hydrogens (tertiary/aromatic N) is 2. The number of H-pyrrole nitrogens is 1. The Morgan fingerprint density at radius 1 is 0.708 bits per heavy atom. The number of para-hydroxylation sites is 1. The molecule has 1 fully saturated rings. The van der Waals surface area contributed by atoms with Gasteiger partial charge in [-0.3, -0.25) is 53.1 Å². The summed E-state index contributed by atoms with van der Waals surface area (Å²) in [5.74, 6) is -7.15. The Bertz CT molecular complexity index is 2440. The fourth-order valence-electron chi connectivity index (χ4n) is 7.80. The zero-order chi connectivity index (χ0) is 52.7. The number of nitrogens with one attached hydrogen (secondary N) is 9. The second-order valence-corrected chi connectivity index (χ2v) is 17.4. The summed E-state index contributed by atoms with van der Waals surface area (Å²) in [6.07, 6.45) is 1.51. The van der Waals surface area contributed by atoms with E-state index in [2.05, 4.69) is 57.5 Å². The second kappa shape index (κ2) is 28.4. The normalized spacial score (nSPS) is 21.5. The molecule has 0 bridgehead atoms. The summed E-state index contributed by atoms with van der Waals surface area (Å²) in [5, 5.41) is 22.0. The van der Waals surface area contributed by atoms with Gasteiger partial charge in [0.05, 0.1) is 0 Å². The van der Waals surface area contributed by atoms with Crippen molar-refractivity contribution in [3.05, 3.63) is 71.9 Å². The standard InChI is InChI=1S/C47H68N16O9/c1-26-40(67)62-36(23-28-11-4-3-5-12-28)44(71)61-35(17-10-22-55-47(51)52)43(70)63-37(24-29-25-56-31-14-7-6-13-30(29)31)45(72)59-32(39(48)66)18-19-38(65)53-20-8-16-34(41(68)57-26)60-42(69)33(58-27(2)64)15-9-21-54-46(49)50/h3-7,11-14,25-26,32-37,56H,8-10,15-24H2,1-2H3,(H2,48,66)(H,53,65)(H,57,68)(H,58,64)(H,59,72)(H,60,69)(H,61,71)(H,62,67)(H,63,70)(H4,49,50,54)(H4,51,52,55)/t26-,32-,33-,34-,35-,36?,37-/m0/s1. The zero-order valence-electron chi connectivity index (χ0n) is 40.5. The summed E-state index contributed by atoms with van der Waals surface area (Å²) in [5.41, 5.74) is 29.7. The number of amides is 9. The first kappa shape index (κ1) is 56.3. The van der Waals surface area contributed by atoms with Crippen molar-refractivity contribution in [2.75, 3.05) is 19.6 Å². The molecule has 1 aliphatic rings. The van der Waals surface area contributed by atoms with Gasteiger partial charge < -0.3 is 76.2 Å². The van der Waals surface area contributed by atoms with Crippen LogP contribution in [0, 0.1) is 0 Å². The molecule has 9 amide bonds. The van der Waals surface area contributed by atoms with Gasteiger partial charge in [0, 0.05) is 62.9 Å². The number of hydrogen-bond donors (Lipinski definition) is 14. The van der Waals surface area contributed by atoms with Crippen LogP contribution in [0.3, 0.4) is 0 Å². The molecule has 1 saturated heterocycles. The van der Waals surface area contributed by atoms with E-state index in [-0.39, 0.29) is 95.8 Å². The van der Waals surface area contributed by atoms with E-state index in [1.54, 1.807) is 42.6 Å². The largest absolute Gasteiger partial charge is 0.370 e. The summed E-state index contributed by atoms with van der Waals surface area (Å²) >= 11 is 0. The van der Waals surface area contributed by atoms with E-state index in [9.17, 15) is 43.2 Å². The average molecular weight is 1000 g/mol. The summed E-state index contributed by atoms with van der Waals surface area (Å²) in [6.45, 7) is 2.78. The van der Waals surface area contributed by atoms with E-state index in [1.165, 1.54) is 13.8 Å². The molecule has 25 heteroatoms. The molecule has 0 spiro atoms. The highest BCUT2D eigenvalue weighted by Crippen LogP contribution is 2.20. The number of aliphatic imine (C=N–C) groups is 2. The van der Waals surface area contributed by atoms with Gasteiger partial charge in [-0.05, 0) is 69.1 Å². The van der Waals surface area contributed by atoms with Crippen LogP contribution in [0.25, 0.3) is 10.9 Å². The minimum absolute atomic E-state index is 0.0160. The number of hydrogen-bond acceptors (Lipinski definition) is 11. The topological polar surface area (TPSA) is 420 Å². The van der Waals surface area contributed by atoms with Crippen molar-refractivity contribution < 1.29 is 43.2 Å². The van der Waals surface area contributed by atoms with Crippen molar-refractivity contribution in [1.82, 2.24) is 47.5 Å². The lowest BCUT2D eigenvalue weighted by molar-refractivity contribution is -0.135. The number of carbonyl (C=O) groups is 9. The van der Waals surface area contributed by atoms with Gasteiger partial charge in [0.1, 0.15) is 42.3 Å². The maximum atomic E-state index is 14.4. The number of guanidine groups is 2. The number of primary amides is 1. The van der Waals surface area contributed by atoms with Crippen molar-refractivity contribution in [3.8, 4) is 0 Å². The fraction of sp³-hybridized carbons (Fsp3) is 0.468. The van der Waals surface area contributed by atoms with Crippen LogP contribution in [0.5, 0.6) is 0 Å². The van der Waals surface area contributed by atoms with E-state index < -0.39 is 95.5 Å². The third-order valence-corrected chi connectivity index (χ3v) is 11.6. The van der Waals surface area contributed by atoms with E-state index in [0.29, 0.717) is 11.1 Å². The predicted octanol–water partition coefficient (Wildman–Crippen LogP) is -3.33. The molecule has 3 aromatic rings. The minimum atomic E-state index is -1.37. The van der Waals surface area contributed by atoms with Crippen LogP contribution in [0.1, 0.15) is 76.3 Å². The first-order chi connectivity index (χ1) is 34.3. The average Bonchev–Trinajstić information content (AvgIpc) is 3.74. The molecule has 0 aliphatic carbocycles. The molecule has 1 unspecified atom stereocenters. The number of nitrogens with two attached hydrogens (primary N) is 5. The summed E-state index contributed by atoms with van der Waals surface area (Å²) in [6, 6.07) is 6.81.